The van der Waals surface area contributed by atoms with E-state index in [4.69, 9.17) is 4.74 Å². The van der Waals surface area contributed by atoms with Crippen molar-refractivity contribution in [2.75, 3.05) is 13.1 Å². The van der Waals surface area contributed by atoms with E-state index in [1.54, 1.807) is 0 Å². The van der Waals surface area contributed by atoms with Crippen molar-refractivity contribution < 1.29 is 19.2 Å². The number of hydrogen-bond donors (Lipinski definition) is 0. The first-order valence-electron chi connectivity index (χ1n) is 11.3. The predicted octanol–water partition coefficient (Wildman–Crippen LogP) is 4.48. The summed E-state index contributed by atoms with van der Waals surface area (Å²) >= 11 is 0. The maximum Gasteiger partial charge on any atom is 0.315 e. The molecule has 2 aliphatic rings. The summed E-state index contributed by atoms with van der Waals surface area (Å²) in [6.45, 7) is 3.47. The first-order chi connectivity index (χ1) is 15.9. The van der Waals surface area contributed by atoms with Crippen LogP contribution in [0.5, 0.6) is 5.75 Å². The molecule has 0 aromatic heterocycles. The first kappa shape index (κ1) is 22.7. The number of allylic oxidation sites excluding steroid dienone is 2. The lowest BCUT2D eigenvalue weighted by atomic mass is 9.86. The van der Waals surface area contributed by atoms with Gasteiger partial charge in [0.05, 0.1) is 10.8 Å². The van der Waals surface area contributed by atoms with E-state index in [0.29, 0.717) is 18.3 Å². The van der Waals surface area contributed by atoms with Crippen LogP contribution in [0.15, 0.2) is 60.7 Å². The van der Waals surface area contributed by atoms with Gasteiger partial charge in [-0.05, 0) is 55.7 Å². The highest BCUT2D eigenvalue weighted by Crippen LogP contribution is 2.33. The van der Waals surface area contributed by atoms with Crippen molar-refractivity contribution in [3.63, 3.8) is 0 Å². The molecule has 1 saturated heterocycles. The Morgan fingerprint density at radius 1 is 1.03 bits per heavy atom. The Labute approximate surface area is 193 Å². The number of nitro benzene ring substituents is 1. The van der Waals surface area contributed by atoms with Crippen molar-refractivity contribution in [1.82, 2.24) is 4.90 Å². The number of ether oxygens (including phenoxy) is 1. The fourth-order valence-electron chi connectivity index (χ4n) is 4.64. The Morgan fingerprint density at radius 3 is 2.21 bits per heavy atom. The largest absolute Gasteiger partial charge is 0.426 e. The Balaban J connectivity index is 1.46. The van der Waals surface area contributed by atoms with Crippen molar-refractivity contribution in [1.29, 1.82) is 0 Å². The predicted molar refractivity (Wildman–Crippen MR) is 124 cm³/mol. The van der Waals surface area contributed by atoms with E-state index in [9.17, 15) is 19.7 Å². The second-order valence-corrected chi connectivity index (χ2v) is 9.02. The zero-order chi connectivity index (χ0) is 23.4. The van der Waals surface area contributed by atoms with Gasteiger partial charge in [0.2, 0.25) is 5.91 Å². The van der Waals surface area contributed by atoms with E-state index in [0.717, 1.165) is 37.1 Å². The Bertz CT molecular complexity index is 1030. The average Bonchev–Trinajstić information content (AvgIpc) is 3.25. The molecule has 7 heteroatoms. The van der Waals surface area contributed by atoms with Crippen molar-refractivity contribution in [2.45, 2.75) is 32.6 Å². The lowest BCUT2D eigenvalue weighted by molar-refractivity contribution is -0.384. The molecule has 7 nitrogen and oxygen atoms in total. The van der Waals surface area contributed by atoms with Gasteiger partial charge in [-0.2, -0.15) is 0 Å². The van der Waals surface area contributed by atoms with Crippen LogP contribution < -0.4 is 4.74 Å². The molecule has 0 N–H and O–H groups in total. The molecule has 2 aromatic carbocycles. The molecule has 3 atom stereocenters. The molecule has 3 unspecified atom stereocenters. The SMILES string of the molecule is Cc1ccc(CC(CC(=O)N2CC3CC=CCC3C2)C(=O)Oc2ccc([N+](=O)[O-])cc2)cc1. The smallest absolute Gasteiger partial charge is 0.315 e. The number of hydrogen-bond acceptors (Lipinski definition) is 5. The van der Waals surface area contributed by atoms with Gasteiger partial charge >= 0.3 is 5.97 Å². The Morgan fingerprint density at radius 2 is 1.64 bits per heavy atom. The molecule has 33 heavy (non-hydrogen) atoms. The summed E-state index contributed by atoms with van der Waals surface area (Å²) in [5.41, 5.74) is 2.00. The molecule has 1 amide bonds. The number of non-ortho nitro benzene ring substituents is 1. The lowest BCUT2D eigenvalue weighted by Gasteiger charge is -2.21. The molecule has 1 aliphatic heterocycles. The molecule has 172 valence electrons. The molecule has 0 bridgehead atoms. The number of rotatable bonds is 7. The molecular weight excluding hydrogens is 420 g/mol. The second-order valence-electron chi connectivity index (χ2n) is 9.02. The number of likely N-dealkylation sites (tertiary alicyclic amines) is 1. The average molecular weight is 449 g/mol. The summed E-state index contributed by atoms with van der Waals surface area (Å²) in [7, 11) is 0. The van der Waals surface area contributed by atoms with E-state index < -0.39 is 16.8 Å². The van der Waals surface area contributed by atoms with Gasteiger partial charge < -0.3 is 9.64 Å². The van der Waals surface area contributed by atoms with Crippen molar-refractivity contribution >= 4 is 17.6 Å². The normalized spacial score (nSPS) is 20.2. The number of esters is 1. The summed E-state index contributed by atoms with van der Waals surface area (Å²) < 4.78 is 5.52. The number of nitrogens with zero attached hydrogens (tertiary/aromatic N) is 2. The standard InChI is InChI=1S/C26H28N2O5/c1-18-6-8-19(9-7-18)14-22(26(30)33-24-12-10-23(11-13-24)28(31)32)15-25(29)27-16-20-4-2-3-5-21(20)17-27/h2-3,6-13,20-22H,4-5,14-17H2,1H3. The van der Waals surface area contributed by atoms with Crippen LogP contribution in [-0.2, 0) is 16.0 Å². The van der Waals surface area contributed by atoms with E-state index in [1.165, 1.54) is 24.3 Å². The molecule has 0 saturated carbocycles. The van der Waals surface area contributed by atoms with Crippen LogP contribution in [0.4, 0.5) is 5.69 Å². The topological polar surface area (TPSA) is 89.8 Å². The molecule has 1 fully saturated rings. The van der Waals surface area contributed by atoms with Crippen LogP contribution in [0.1, 0.15) is 30.4 Å². The fourth-order valence-corrected chi connectivity index (χ4v) is 4.64. The third-order valence-corrected chi connectivity index (χ3v) is 6.60. The number of nitro groups is 1. The van der Waals surface area contributed by atoms with Crippen LogP contribution in [0.3, 0.4) is 0 Å². The summed E-state index contributed by atoms with van der Waals surface area (Å²) in [5, 5.41) is 10.9. The van der Waals surface area contributed by atoms with Crippen LogP contribution in [0.25, 0.3) is 0 Å². The fraction of sp³-hybridized carbons (Fsp3) is 0.385. The molecule has 1 heterocycles. The van der Waals surface area contributed by atoms with Crippen molar-refractivity contribution in [2.24, 2.45) is 17.8 Å². The molecule has 4 rings (SSSR count). The zero-order valence-corrected chi connectivity index (χ0v) is 18.7. The maximum absolute atomic E-state index is 13.1. The third-order valence-electron chi connectivity index (χ3n) is 6.60. The highest BCUT2D eigenvalue weighted by atomic mass is 16.6. The molecule has 1 aliphatic carbocycles. The second kappa shape index (κ2) is 9.98. The van der Waals surface area contributed by atoms with Gasteiger partial charge in [0.25, 0.3) is 5.69 Å². The number of carbonyl (C=O) groups is 2. The Kier molecular flexibility index (Phi) is 6.87. The van der Waals surface area contributed by atoms with Gasteiger partial charge in [0, 0.05) is 31.6 Å². The van der Waals surface area contributed by atoms with E-state index in [2.05, 4.69) is 12.2 Å². The number of benzene rings is 2. The summed E-state index contributed by atoms with van der Waals surface area (Å²) in [6.07, 6.45) is 6.85. The molecule has 0 radical (unpaired) electrons. The number of carbonyl (C=O) groups excluding carboxylic acids is 2. The summed E-state index contributed by atoms with van der Waals surface area (Å²) in [5.74, 6) is 0.0581. The monoisotopic (exact) mass is 448 g/mol. The number of amides is 1. The van der Waals surface area contributed by atoms with Gasteiger partial charge in [-0.15, -0.1) is 0 Å². The summed E-state index contributed by atoms with van der Waals surface area (Å²) in [6, 6.07) is 13.3. The van der Waals surface area contributed by atoms with Crippen LogP contribution in [-0.4, -0.2) is 34.8 Å². The lowest BCUT2D eigenvalue weighted by Crippen LogP contribution is -2.34. The van der Waals surface area contributed by atoms with Gasteiger partial charge in [-0.1, -0.05) is 42.0 Å². The van der Waals surface area contributed by atoms with E-state index in [1.807, 2.05) is 36.1 Å². The number of fused-ring (bicyclic) bond motifs is 1. The van der Waals surface area contributed by atoms with Gasteiger partial charge in [-0.3, -0.25) is 19.7 Å². The Hall–Kier alpha value is -3.48. The van der Waals surface area contributed by atoms with Gasteiger partial charge in [0.15, 0.2) is 0 Å². The molecular formula is C26H28N2O5. The quantitative estimate of drug-likeness (QED) is 0.205. The zero-order valence-electron chi connectivity index (χ0n) is 18.7. The number of aryl methyl sites for hydroxylation is 1. The third kappa shape index (κ3) is 5.66. The first-order valence-corrected chi connectivity index (χ1v) is 11.3. The minimum Gasteiger partial charge on any atom is -0.426 e. The van der Waals surface area contributed by atoms with Crippen molar-refractivity contribution in [3.05, 3.63) is 81.9 Å². The van der Waals surface area contributed by atoms with Gasteiger partial charge in [0.1, 0.15) is 5.75 Å². The van der Waals surface area contributed by atoms with Crippen molar-refractivity contribution in [3.8, 4) is 5.75 Å². The maximum atomic E-state index is 13.1. The highest BCUT2D eigenvalue weighted by molar-refractivity contribution is 5.84. The molecule has 2 aromatic rings. The van der Waals surface area contributed by atoms with E-state index in [-0.39, 0.29) is 23.8 Å². The van der Waals surface area contributed by atoms with E-state index >= 15 is 0 Å². The minimum atomic E-state index is -0.642. The van der Waals surface area contributed by atoms with Crippen LogP contribution in [0.2, 0.25) is 0 Å². The molecule has 0 spiro atoms. The minimum absolute atomic E-state index is 0.0258. The van der Waals surface area contributed by atoms with Crippen LogP contribution in [0, 0.1) is 34.8 Å². The summed E-state index contributed by atoms with van der Waals surface area (Å²) in [4.78, 5) is 38.5. The van der Waals surface area contributed by atoms with Gasteiger partial charge in [-0.25, -0.2) is 0 Å². The van der Waals surface area contributed by atoms with Crippen LogP contribution >= 0.6 is 0 Å². The highest BCUT2D eigenvalue weighted by Gasteiger charge is 2.36.